The van der Waals surface area contributed by atoms with E-state index in [0.29, 0.717) is 12.2 Å². The quantitative estimate of drug-likeness (QED) is 0.396. The van der Waals surface area contributed by atoms with Crippen molar-refractivity contribution in [2.24, 2.45) is 5.92 Å². The molecule has 0 aliphatic carbocycles. The topological polar surface area (TPSA) is 83.6 Å². The Morgan fingerprint density at radius 1 is 0.794 bits per heavy atom. The lowest BCUT2D eigenvalue weighted by Crippen LogP contribution is -2.37. The van der Waals surface area contributed by atoms with Crippen LogP contribution in [0.4, 0.5) is 5.69 Å². The highest BCUT2D eigenvalue weighted by Crippen LogP contribution is 2.29. The Balaban J connectivity index is 0.00000432. The molecule has 8 heteroatoms. The van der Waals surface area contributed by atoms with Crippen LogP contribution in [-0.4, -0.2) is 33.9 Å². The van der Waals surface area contributed by atoms with E-state index in [1.54, 1.807) is 16.4 Å². The third-order valence-corrected chi connectivity index (χ3v) is 7.93. The van der Waals surface area contributed by atoms with Crippen molar-refractivity contribution >= 4 is 25.7 Å². The number of hydrogen-bond acceptors (Lipinski definition) is 4. The van der Waals surface area contributed by atoms with Crippen LogP contribution in [0.25, 0.3) is 11.1 Å². The summed E-state index contributed by atoms with van der Waals surface area (Å²) in [7, 11) is -6.85. The van der Waals surface area contributed by atoms with Crippen LogP contribution in [0.3, 0.4) is 0 Å². The summed E-state index contributed by atoms with van der Waals surface area (Å²) in [4.78, 5) is 0. The summed E-state index contributed by atoms with van der Waals surface area (Å²) in [6.45, 7) is 6.39. The van der Waals surface area contributed by atoms with E-state index in [1.807, 2.05) is 87.5 Å². The molecule has 0 unspecified atom stereocenters. The van der Waals surface area contributed by atoms with Crippen LogP contribution in [0.1, 0.15) is 39.4 Å². The van der Waals surface area contributed by atoms with E-state index >= 15 is 0 Å². The van der Waals surface area contributed by atoms with Crippen LogP contribution < -0.4 is 4.72 Å². The average Bonchev–Trinajstić information content (AvgIpc) is 2.77. The first-order chi connectivity index (χ1) is 15.9. The van der Waals surface area contributed by atoms with Gasteiger partial charge in [0.25, 0.3) is 0 Å². The van der Waals surface area contributed by atoms with Gasteiger partial charge in [0.15, 0.2) is 0 Å². The maximum atomic E-state index is 13.3. The number of anilines is 1. The summed E-state index contributed by atoms with van der Waals surface area (Å²) >= 11 is 0. The number of benzene rings is 3. The second-order valence-electron chi connectivity index (χ2n) is 8.95. The molecule has 0 amide bonds. The molecule has 3 rings (SSSR count). The maximum absolute atomic E-state index is 13.3. The molecule has 3 aromatic carbocycles. The van der Waals surface area contributed by atoms with Crippen LogP contribution in [-0.2, 0) is 25.8 Å². The lowest BCUT2D eigenvalue weighted by Gasteiger charge is -2.30. The van der Waals surface area contributed by atoms with Crippen molar-refractivity contribution in [1.29, 1.82) is 0 Å². The second-order valence-corrected chi connectivity index (χ2v) is 12.6. The van der Waals surface area contributed by atoms with Gasteiger partial charge in [0.1, 0.15) is 0 Å². The normalized spacial score (nSPS) is 13.2. The number of hydrogen-bond donors (Lipinski definition) is 1. The summed E-state index contributed by atoms with van der Waals surface area (Å²) in [5, 5.41) is 0. The van der Waals surface area contributed by atoms with Gasteiger partial charge in [-0.2, -0.15) is 4.31 Å². The van der Waals surface area contributed by atoms with Crippen LogP contribution in [0, 0.1) is 5.92 Å². The highest BCUT2D eigenvalue weighted by Gasteiger charge is 2.29. The summed E-state index contributed by atoms with van der Waals surface area (Å²) in [6.07, 6.45) is 1.11. The van der Waals surface area contributed by atoms with Gasteiger partial charge >= 0.3 is 0 Å². The molecule has 0 bridgehead atoms. The largest absolute Gasteiger partial charge is 0.284 e. The van der Waals surface area contributed by atoms with Crippen molar-refractivity contribution in [2.75, 3.05) is 17.5 Å². The van der Waals surface area contributed by atoms with E-state index in [1.165, 1.54) is 0 Å². The van der Waals surface area contributed by atoms with Crippen LogP contribution in [0.15, 0.2) is 78.9 Å². The number of rotatable bonds is 10. The minimum Gasteiger partial charge on any atom is -0.284 e. The standard InChI is InChI=1S/C26H32N2O4S2.H2/c1-20(2)18-28(34(31,32)19-22-8-6-5-7-9-22)21(3)23-10-12-24(13-11-23)25-14-16-26(17-15-25)27-33(4,29)30;/h5-17,20-21,27H,18-19H2,1-4H3;1H/t21-;/m1./s1. The van der Waals surface area contributed by atoms with Crippen LogP contribution >= 0.6 is 0 Å². The molecule has 0 heterocycles. The van der Waals surface area contributed by atoms with Gasteiger partial charge < -0.3 is 0 Å². The number of sulfonamides is 2. The Kier molecular flexibility index (Phi) is 8.17. The van der Waals surface area contributed by atoms with E-state index in [-0.39, 0.29) is 19.1 Å². The molecule has 1 N–H and O–H groups in total. The number of nitrogens with zero attached hydrogens (tertiary/aromatic N) is 1. The third-order valence-electron chi connectivity index (χ3n) is 5.44. The van der Waals surface area contributed by atoms with Crippen molar-refractivity contribution in [2.45, 2.75) is 32.6 Å². The fourth-order valence-electron chi connectivity index (χ4n) is 3.81. The highest BCUT2D eigenvalue weighted by molar-refractivity contribution is 7.92. The molecule has 184 valence electrons. The van der Waals surface area contributed by atoms with Gasteiger partial charge in [-0.3, -0.25) is 4.72 Å². The second kappa shape index (κ2) is 10.7. The molecule has 3 aromatic rings. The molecule has 0 aromatic heterocycles. The fraction of sp³-hybridized carbons (Fsp3) is 0.308. The van der Waals surface area contributed by atoms with Crippen molar-refractivity contribution in [3.8, 4) is 11.1 Å². The minimum atomic E-state index is -3.52. The Hall–Kier alpha value is -2.68. The van der Waals surface area contributed by atoms with Gasteiger partial charge in [-0.15, -0.1) is 0 Å². The van der Waals surface area contributed by atoms with Gasteiger partial charge in [0.2, 0.25) is 20.0 Å². The Labute approximate surface area is 205 Å². The van der Waals surface area contributed by atoms with Crippen LogP contribution in [0.5, 0.6) is 0 Å². The molecule has 0 aliphatic rings. The lowest BCUT2D eigenvalue weighted by molar-refractivity contribution is 0.308. The van der Waals surface area contributed by atoms with Gasteiger partial charge in [-0.25, -0.2) is 16.8 Å². The van der Waals surface area contributed by atoms with Crippen molar-refractivity contribution in [1.82, 2.24) is 4.31 Å². The van der Waals surface area contributed by atoms with Crippen molar-refractivity contribution in [3.63, 3.8) is 0 Å². The van der Waals surface area contributed by atoms with Gasteiger partial charge in [-0.05, 0) is 47.2 Å². The van der Waals surface area contributed by atoms with Crippen LogP contribution in [0.2, 0.25) is 0 Å². The summed E-state index contributed by atoms with van der Waals surface area (Å²) in [6, 6.07) is 23.9. The van der Waals surface area contributed by atoms with Crippen molar-refractivity contribution < 1.29 is 18.3 Å². The fourth-order valence-corrected chi connectivity index (χ4v) is 6.28. The SMILES string of the molecule is CC(C)CN([C@H](C)c1ccc(-c2ccc(NS(C)(=O)=O)cc2)cc1)S(=O)(=O)Cc1ccccc1.[HH]. The molecule has 0 aliphatic heterocycles. The first kappa shape index (κ1) is 25.9. The monoisotopic (exact) mass is 502 g/mol. The van der Waals surface area contributed by atoms with Crippen molar-refractivity contribution in [3.05, 3.63) is 90.0 Å². The molecule has 0 saturated carbocycles. The minimum absolute atomic E-state index is 0. The van der Waals surface area contributed by atoms with Gasteiger partial charge in [-0.1, -0.05) is 80.6 Å². The average molecular weight is 503 g/mol. The zero-order chi connectivity index (χ0) is 24.9. The molecule has 0 radical (unpaired) electrons. The third kappa shape index (κ3) is 7.16. The Morgan fingerprint density at radius 3 is 1.82 bits per heavy atom. The Bertz CT molecular complexity index is 1290. The zero-order valence-electron chi connectivity index (χ0n) is 20.0. The van der Waals surface area contributed by atoms with E-state index < -0.39 is 20.0 Å². The maximum Gasteiger partial charge on any atom is 0.229 e. The smallest absolute Gasteiger partial charge is 0.229 e. The summed E-state index contributed by atoms with van der Waals surface area (Å²) in [5.74, 6) is 0.156. The highest BCUT2D eigenvalue weighted by atomic mass is 32.2. The molecular formula is C26H34N2O4S2. The molecule has 1 atom stereocenters. The van der Waals surface area contributed by atoms with E-state index in [0.717, 1.165) is 28.5 Å². The molecule has 6 nitrogen and oxygen atoms in total. The Morgan fingerprint density at radius 2 is 1.32 bits per heavy atom. The molecular weight excluding hydrogens is 468 g/mol. The predicted octanol–water partition coefficient (Wildman–Crippen LogP) is 5.52. The molecule has 0 fully saturated rings. The van der Waals surface area contributed by atoms with Gasteiger partial charge in [0.05, 0.1) is 12.0 Å². The molecule has 0 spiro atoms. The first-order valence-corrected chi connectivity index (χ1v) is 14.7. The summed E-state index contributed by atoms with van der Waals surface area (Å²) < 4.78 is 53.5. The number of nitrogens with one attached hydrogen (secondary N) is 1. The molecule has 34 heavy (non-hydrogen) atoms. The van der Waals surface area contributed by atoms with Gasteiger partial charge in [0, 0.05) is 19.7 Å². The van der Waals surface area contributed by atoms with E-state index in [2.05, 4.69) is 4.72 Å². The lowest BCUT2D eigenvalue weighted by atomic mass is 10.0. The molecule has 0 saturated heterocycles. The zero-order valence-corrected chi connectivity index (χ0v) is 21.6. The first-order valence-electron chi connectivity index (χ1n) is 11.2. The summed E-state index contributed by atoms with van der Waals surface area (Å²) in [5.41, 5.74) is 4.09. The van der Waals surface area contributed by atoms with E-state index in [9.17, 15) is 16.8 Å². The predicted molar refractivity (Wildman–Crippen MR) is 141 cm³/mol. The van der Waals surface area contributed by atoms with E-state index in [4.69, 9.17) is 0 Å².